The summed E-state index contributed by atoms with van der Waals surface area (Å²) in [5.41, 5.74) is 1.56. The summed E-state index contributed by atoms with van der Waals surface area (Å²) in [6.45, 7) is 2.68. The smallest absolute Gasteiger partial charge is 0.324 e. The standard InChI is InChI=1S/C20H22F3N7OS/c1-12-28-29-17(32-12)13-2-3-14-11-25-18(26-16(14)10-13)27-19(31)30-8-4-15(5-9-30)24-7-6-20(21,22)23/h2-3,10-11,15,24H,4-9H2,1H3,(H,25,26,27,31). The highest BCUT2D eigenvalue weighted by Gasteiger charge is 2.28. The highest BCUT2D eigenvalue weighted by Crippen LogP contribution is 2.26. The van der Waals surface area contributed by atoms with Crippen LogP contribution in [0.3, 0.4) is 0 Å². The van der Waals surface area contributed by atoms with Gasteiger partial charge in [-0.15, -0.1) is 10.2 Å². The Balaban J connectivity index is 1.34. The maximum absolute atomic E-state index is 12.6. The van der Waals surface area contributed by atoms with E-state index in [-0.39, 0.29) is 24.6 Å². The highest BCUT2D eigenvalue weighted by atomic mass is 32.1. The van der Waals surface area contributed by atoms with Crippen molar-refractivity contribution in [3.05, 3.63) is 29.4 Å². The number of nitrogens with zero attached hydrogens (tertiary/aromatic N) is 5. The van der Waals surface area contributed by atoms with E-state index in [1.165, 1.54) is 11.3 Å². The van der Waals surface area contributed by atoms with Gasteiger partial charge in [0.05, 0.1) is 11.9 Å². The van der Waals surface area contributed by atoms with Crippen LogP contribution < -0.4 is 10.6 Å². The molecule has 0 aliphatic carbocycles. The van der Waals surface area contributed by atoms with Gasteiger partial charge in [0.15, 0.2) is 0 Å². The summed E-state index contributed by atoms with van der Waals surface area (Å²) in [6, 6.07) is 5.35. The first-order chi connectivity index (χ1) is 15.3. The number of aromatic nitrogens is 4. The lowest BCUT2D eigenvalue weighted by Gasteiger charge is -2.32. The number of nitrogens with one attached hydrogen (secondary N) is 2. The van der Waals surface area contributed by atoms with Crippen LogP contribution in [0.15, 0.2) is 24.4 Å². The Hall–Kier alpha value is -2.86. The van der Waals surface area contributed by atoms with Crippen molar-refractivity contribution in [2.24, 2.45) is 0 Å². The van der Waals surface area contributed by atoms with E-state index in [2.05, 4.69) is 30.8 Å². The SMILES string of the molecule is Cc1nnc(-c2ccc3cnc(NC(=O)N4CCC(NCCC(F)(F)F)CC4)nc3c2)s1. The van der Waals surface area contributed by atoms with Crippen molar-refractivity contribution in [2.75, 3.05) is 25.0 Å². The third-order valence-electron chi connectivity index (χ3n) is 5.20. The summed E-state index contributed by atoms with van der Waals surface area (Å²) in [7, 11) is 0. The van der Waals surface area contributed by atoms with Gasteiger partial charge in [-0.2, -0.15) is 13.2 Å². The van der Waals surface area contributed by atoms with Crippen LogP contribution in [0, 0.1) is 6.92 Å². The Bertz CT molecular complexity index is 1100. The number of fused-ring (bicyclic) bond motifs is 1. The average Bonchev–Trinajstić information content (AvgIpc) is 3.19. The van der Waals surface area contributed by atoms with Gasteiger partial charge in [-0.3, -0.25) is 5.32 Å². The first kappa shape index (κ1) is 22.3. The Morgan fingerprint density at radius 1 is 1.25 bits per heavy atom. The van der Waals surface area contributed by atoms with E-state index in [1.54, 1.807) is 11.1 Å². The quantitative estimate of drug-likeness (QED) is 0.592. The van der Waals surface area contributed by atoms with E-state index in [0.29, 0.717) is 31.4 Å². The van der Waals surface area contributed by atoms with Crippen molar-refractivity contribution in [1.82, 2.24) is 30.4 Å². The molecule has 1 aromatic carbocycles. The molecule has 1 saturated heterocycles. The second-order valence-corrected chi connectivity index (χ2v) is 8.79. The minimum absolute atomic E-state index is 0.0271. The lowest BCUT2D eigenvalue weighted by atomic mass is 10.1. The van der Waals surface area contributed by atoms with Crippen molar-refractivity contribution in [3.63, 3.8) is 0 Å². The Morgan fingerprint density at radius 2 is 2.03 bits per heavy atom. The number of anilines is 1. The van der Waals surface area contributed by atoms with Gasteiger partial charge in [-0.05, 0) is 25.8 Å². The topological polar surface area (TPSA) is 95.9 Å². The Labute approximate surface area is 186 Å². The van der Waals surface area contributed by atoms with Crippen LogP contribution in [0.4, 0.5) is 23.9 Å². The molecule has 3 aromatic rings. The van der Waals surface area contributed by atoms with Crippen LogP contribution in [0.1, 0.15) is 24.3 Å². The number of hydrogen-bond donors (Lipinski definition) is 2. The molecule has 2 amide bonds. The summed E-state index contributed by atoms with van der Waals surface area (Å²) in [4.78, 5) is 22.9. The van der Waals surface area contributed by atoms with E-state index in [0.717, 1.165) is 21.0 Å². The number of halogens is 3. The number of piperidine rings is 1. The predicted molar refractivity (Wildman–Crippen MR) is 115 cm³/mol. The van der Waals surface area contributed by atoms with Gasteiger partial charge in [0.1, 0.15) is 10.0 Å². The van der Waals surface area contributed by atoms with Crippen molar-refractivity contribution in [1.29, 1.82) is 0 Å². The molecular weight excluding hydrogens is 443 g/mol. The second kappa shape index (κ2) is 9.33. The molecular formula is C20H22F3N7OS. The molecule has 170 valence electrons. The molecule has 1 aliphatic rings. The summed E-state index contributed by atoms with van der Waals surface area (Å²) in [5, 5.41) is 16.3. The zero-order chi connectivity index (χ0) is 22.7. The van der Waals surface area contributed by atoms with Crippen molar-refractivity contribution in [2.45, 2.75) is 38.4 Å². The molecule has 32 heavy (non-hydrogen) atoms. The number of carbonyl (C=O) groups excluding carboxylic acids is 1. The van der Waals surface area contributed by atoms with Gasteiger partial charge in [-0.1, -0.05) is 23.5 Å². The van der Waals surface area contributed by atoms with E-state index >= 15 is 0 Å². The molecule has 0 unspecified atom stereocenters. The van der Waals surface area contributed by atoms with Crippen molar-refractivity contribution < 1.29 is 18.0 Å². The fourth-order valence-corrected chi connectivity index (χ4v) is 4.20. The van der Waals surface area contributed by atoms with Gasteiger partial charge < -0.3 is 10.2 Å². The number of aryl methyl sites for hydroxylation is 1. The van der Waals surface area contributed by atoms with Crippen LogP contribution in [-0.4, -0.2) is 62.9 Å². The van der Waals surface area contributed by atoms with E-state index in [4.69, 9.17) is 0 Å². The fraction of sp³-hybridized carbons (Fsp3) is 0.450. The molecule has 2 N–H and O–H groups in total. The molecule has 0 atom stereocenters. The van der Waals surface area contributed by atoms with Gasteiger partial charge in [0.2, 0.25) is 5.95 Å². The van der Waals surface area contributed by atoms with Crippen LogP contribution >= 0.6 is 11.3 Å². The Morgan fingerprint density at radius 3 is 2.72 bits per heavy atom. The largest absolute Gasteiger partial charge is 0.390 e. The summed E-state index contributed by atoms with van der Waals surface area (Å²) >= 11 is 1.49. The molecule has 12 heteroatoms. The van der Waals surface area contributed by atoms with Gasteiger partial charge in [-0.25, -0.2) is 14.8 Å². The summed E-state index contributed by atoms with van der Waals surface area (Å²) in [5.74, 6) is 0.193. The van der Waals surface area contributed by atoms with Crippen LogP contribution in [-0.2, 0) is 0 Å². The number of carbonyl (C=O) groups is 1. The Kier molecular flexibility index (Phi) is 6.51. The predicted octanol–water partition coefficient (Wildman–Crippen LogP) is 4.00. The van der Waals surface area contributed by atoms with Crippen LogP contribution in [0.5, 0.6) is 0 Å². The summed E-state index contributed by atoms with van der Waals surface area (Å²) in [6.07, 6.45) is -2.19. The van der Waals surface area contributed by atoms with Gasteiger partial charge >= 0.3 is 12.2 Å². The molecule has 0 radical (unpaired) electrons. The first-order valence-electron chi connectivity index (χ1n) is 10.2. The molecule has 1 aliphatic heterocycles. The molecule has 0 bridgehead atoms. The monoisotopic (exact) mass is 465 g/mol. The third-order valence-corrected chi connectivity index (χ3v) is 6.09. The zero-order valence-corrected chi connectivity index (χ0v) is 18.1. The minimum atomic E-state index is -4.16. The van der Waals surface area contributed by atoms with Crippen molar-refractivity contribution in [3.8, 4) is 10.6 Å². The number of likely N-dealkylation sites (tertiary alicyclic amines) is 1. The van der Waals surface area contributed by atoms with Gasteiger partial charge in [0, 0.05) is 42.8 Å². The number of rotatable bonds is 5. The molecule has 8 nitrogen and oxygen atoms in total. The molecule has 3 heterocycles. The minimum Gasteiger partial charge on any atom is -0.324 e. The second-order valence-electron chi connectivity index (χ2n) is 7.60. The van der Waals surface area contributed by atoms with E-state index in [1.807, 2.05) is 25.1 Å². The van der Waals surface area contributed by atoms with E-state index in [9.17, 15) is 18.0 Å². The number of hydrogen-bond acceptors (Lipinski definition) is 7. The van der Waals surface area contributed by atoms with E-state index < -0.39 is 12.6 Å². The normalized spacial score (nSPS) is 15.3. The maximum atomic E-state index is 12.6. The van der Waals surface area contributed by atoms with Crippen LogP contribution in [0.2, 0.25) is 0 Å². The molecule has 0 spiro atoms. The lowest BCUT2D eigenvalue weighted by molar-refractivity contribution is -0.133. The molecule has 0 saturated carbocycles. The zero-order valence-electron chi connectivity index (χ0n) is 17.3. The molecule has 4 rings (SSSR count). The lowest BCUT2D eigenvalue weighted by Crippen LogP contribution is -2.47. The molecule has 2 aromatic heterocycles. The molecule has 1 fully saturated rings. The summed E-state index contributed by atoms with van der Waals surface area (Å²) < 4.78 is 36.8. The number of amides is 2. The maximum Gasteiger partial charge on any atom is 0.390 e. The third kappa shape index (κ3) is 5.68. The fourth-order valence-electron chi connectivity index (χ4n) is 3.51. The number of alkyl halides is 3. The first-order valence-corrected chi connectivity index (χ1v) is 11.0. The number of benzene rings is 1. The van der Waals surface area contributed by atoms with Crippen LogP contribution in [0.25, 0.3) is 21.5 Å². The van der Waals surface area contributed by atoms with Gasteiger partial charge in [0.25, 0.3) is 0 Å². The highest BCUT2D eigenvalue weighted by molar-refractivity contribution is 7.14. The average molecular weight is 466 g/mol. The van der Waals surface area contributed by atoms with Crippen molar-refractivity contribution >= 4 is 34.2 Å². The number of urea groups is 1.